The van der Waals surface area contributed by atoms with E-state index in [0.29, 0.717) is 13.0 Å². The Labute approximate surface area is 124 Å². The van der Waals surface area contributed by atoms with Crippen molar-refractivity contribution in [2.24, 2.45) is 11.3 Å². The number of carbonyl (C=O) groups excluding carboxylic acids is 2. The summed E-state index contributed by atoms with van der Waals surface area (Å²) >= 11 is 0. The highest BCUT2D eigenvalue weighted by Gasteiger charge is 2.40. The molecule has 1 aromatic rings. The van der Waals surface area contributed by atoms with Crippen LogP contribution in [0.3, 0.4) is 0 Å². The second kappa shape index (κ2) is 6.28. The third-order valence-electron chi connectivity index (χ3n) is 4.41. The first kappa shape index (κ1) is 15.5. The maximum atomic E-state index is 12.3. The topological polar surface area (TPSA) is 75.3 Å². The van der Waals surface area contributed by atoms with Crippen LogP contribution in [0.5, 0.6) is 0 Å². The summed E-state index contributed by atoms with van der Waals surface area (Å²) in [5.41, 5.74) is 0.246. The third-order valence-corrected chi connectivity index (χ3v) is 4.41. The van der Waals surface area contributed by atoms with Gasteiger partial charge in [0, 0.05) is 25.0 Å². The van der Waals surface area contributed by atoms with Crippen molar-refractivity contribution in [3.05, 3.63) is 18.0 Å². The van der Waals surface area contributed by atoms with E-state index >= 15 is 0 Å². The van der Waals surface area contributed by atoms with Gasteiger partial charge >= 0.3 is 5.97 Å². The van der Waals surface area contributed by atoms with Gasteiger partial charge in [-0.1, -0.05) is 0 Å². The number of aromatic nitrogens is 2. The Morgan fingerprint density at radius 1 is 1.52 bits per heavy atom. The fraction of sp³-hybridized carbons (Fsp3) is 0.667. The molecule has 116 valence electrons. The van der Waals surface area contributed by atoms with Crippen molar-refractivity contribution in [1.82, 2.24) is 15.1 Å². The van der Waals surface area contributed by atoms with Crippen molar-refractivity contribution in [3.8, 4) is 0 Å². The average molecular weight is 293 g/mol. The van der Waals surface area contributed by atoms with Crippen molar-refractivity contribution in [2.45, 2.75) is 33.1 Å². The van der Waals surface area contributed by atoms with Crippen molar-refractivity contribution in [2.75, 3.05) is 20.2 Å². The molecular formula is C15H23N3O3. The van der Waals surface area contributed by atoms with Gasteiger partial charge in [0.05, 0.1) is 18.9 Å². The molecule has 1 N–H and O–H groups in total. The van der Waals surface area contributed by atoms with Crippen LogP contribution < -0.4 is 0 Å². The van der Waals surface area contributed by atoms with E-state index < -0.39 is 5.41 Å². The molecule has 1 aliphatic heterocycles. The van der Waals surface area contributed by atoms with Gasteiger partial charge in [0.15, 0.2) is 0 Å². The number of aromatic amines is 1. The number of hydrogen-bond donors (Lipinski definition) is 1. The standard InChI is InChI=1S/C15H23N3O3/c1-15(2,14(20)21-3)11-5-4-8-18(10-11)13(19)9-12-6-7-16-17-12/h6-7,11H,4-5,8-10H2,1-3H3,(H,16,17)/t11-/m1/s1. The van der Waals surface area contributed by atoms with Crippen LogP contribution in [0.15, 0.2) is 12.3 Å². The molecule has 6 nitrogen and oxygen atoms in total. The Morgan fingerprint density at radius 3 is 2.90 bits per heavy atom. The number of nitrogens with zero attached hydrogens (tertiary/aromatic N) is 2. The maximum absolute atomic E-state index is 12.3. The second-order valence-corrected chi connectivity index (χ2v) is 6.15. The molecule has 2 heterocycles. The number of ether oxygens (including phenoxy) is 1. The lowest BCUT2D eigenvalue weighted by molar-refractivity contribution is -0.156. The number of amides is 1. The summed E-state index contributed by atoms with van der Waals surface area (Å²) in [7, 11) is 1.41. The van der Waals surface area contributed by atoms with Crippen LogP contribution in [-0.4, -0.2) is 47.2 Å². The maximum Gasteiger partial charge on any atom is 0.311 e. The van der Waals surface area contributed by atoms with E-state index in [2.05, 4.69) is 10.2 Å². The first-order valence-corrected chi connectivity index (χ1v) is 7.29. The van der Waals surface area contributed by atoms with E-state index in [-0.39, 0.29) is 17.8 Å². The van der Waals surface area contributed by atoms with E-state index in [9.17, 15) is 9.59 Å². The van der Waals surface area contributed by atoms with Crippen LogP contribution in [0.25, 0.3) is 0 Å². The summed E-state index contributed by atoms with van der Waals surface area (Å²) in [6.45, 7) is 5.15. The zero-order valence-electron chi connectivity index (χ0n) is 12.9. The van der Waals surface area contributed by atoms with E-state index in [1.54, 1.807) is 12.3 Å². The summed E-state index contributed by atoms with van der Waals surface area (Å²) in [4.78, 5) is 26.1. The summed E-state index contributed by atoms with van der Waals surface area (Å²) in [5, 5.41) is 6.66. The molecule has 1 saturated heterocycles. The predicted octanol–water partition coefficient (Wildman–Crippen LogP) is 1.39. The number of nitrogens with one attached hydrogen (secondary N) is 1. The highest BCUT2D eigenvalue weighted by atomic mass is 16.5. The van der Waals surface area contributed by atoms with Crippen molar-refractivity contribution < 1.29 is 14.3 Å². The van der Waals surface area contributed by atoms with Crippen molar-refractivity contribution in [3.63, 3.8) is 0 Å². The van der Waals surface area contributed by atoms with E-state index in [4.69, 9.17) is 4.74 Å². The van der Waals surface area contributed by atoms with Crippen LogP contribution >= 0.6 is 0 Å². The molecule has 1 aliphatic rings. The fourth-order valence-electron chi connectivity index (χ4n) is 2.88. The molecule has 0 radical (unpaired) electrons. The van der Waals surface area contributed by atoms with Crippen molar-refractivity contribution >= 4 is 11.9 Å². The van der Waals surface area contributed by atoms with Gasteiger partial charge in [-0.05, 0) is 38.7 Å². The number of piperidine rings is 1. The quantitative estimate of drug-likeness (QED) is 0.851. The Bertz CT molecular complexity index is 496. The van der Waals surface area contributed by atoms with E-state index in [1.807, 2.05) is 18.7 Å². The second-order valence-electron chi connectivity index (χ2n) is 6.15. The lowest BCUT2D eigenvalue weighted by Gasteiger charge is -2.39. The molecule has 1 atom stereocenters. The summed E-state index contributed by atoms with van der Waals surface area (Å²) in [6, 6.07) is 1.80. The van der Waals surface area contributed by atoms with Gasteiger partial charge < -0.3 is 9.64 Å². The van der Waals surface area contributed by atoms with Gasteiger partial charge in [0.2, 0.25) is 5.91 Å². The normalized spacial score (nSPS) is 19.4. The zero-order chi connectivity index (χ0) is 15.5. The summed E-state index contributed by atoms with van der Waals surface area (Å²) < 4.78 is 4.89. The SMILES string of the molecule is COC(=O)C(C)(C)[C@@H]1CCCN(C(=O)Cc2ccn[nH]2)C1. The first-order chi connectivity index (χ1) is 9.95. The number of H-pyrrole nitrogens is 1. The van der Waals surface area contributed by atoms with Crippen LogP contribution in [0, 0.1) is 11.3 Å². The Kier molecular flexibility index (Phi) is 4.65. The minimum Gasteiger partial charge on any atom is -0.469 e. The highest BCUT2D eigenvalue weighted by molar-refractivity contribution is 5.79. The Balaban J connectivity index is 2.00. The summed E-state index contributed by atoms with van der Waals surface area (Å²) in [6.07, 6.45) is 3.82. The average Bonchev–Trinajstić information content (AvgIpc) is 2.99. The molecule has 1 fully saturated rings. The first-order valence-electron chi connectivity index (χ1n) is 7.29. The molecule has 2 rings (SSSR count). The zero-order valence-corrected chi connectivity index (χ0v) is 12.9. The van der Waals surface area contributed by atoms with E-state index in [1.165, 1.54) is 7.11 Å². The fourth-order valence-corrected chi connectivity index (χ4v) is 2.88. The molecule has 1 aromatic heterocycles. The molecule has 0 saturated carbocycles. The van der Waals surface area contributed by atoms with Crippen LogP contribution in [-0.2, 0) is 20.7 Å². The molecular weight excluding hydrogens is 270 g/mol. The largest absolute Gasteiger partial charge is 0.469 e. The minimum atomic E-state index is -0.568. The molecule has 6 heteroatoms. The lowest BCUT2D eigenvalue weighted by atomic mass is 9.74. The number of hydrogen-bond acceptors (Lipinski definition) is 4. The van der Waals surface area contributed by atoms with Gasteiger partial charge in [0.25, 0.3) is 0 Å². The smallest absolute Gasteiger partial charge is 0.311 e. The third kappa shape index (κ3) is 3.43. The van der Waals surface area contributed by atoms with E-state index in [0.717, 1.165) is 25.1 Å². The number of methoxy groups -OCH3 is 1. The van der Waals surface area contributed by atoms with Gasteiger partial charge in [-0.15, -0.1) is 0 Å². The molecule has 0 aromatic carbocycles. The van der Waals surface area contributed by atoms with Gasteiger partial charge in [-0.2, -0.15) is 5.10 Å². The van der Waals surface area contributed by atoms with Crippen LogP contribution in [0.4, 0.5) is 0 Å². The summed E-state index contributed by atoms with van der Waals surface area (Å²) in [5.74, 6) is -0.00982. The monoisotopic (exact) mass is 293 g/mol. The molecule has 0 bridgehead atoms. The number of rotatable bonds is 4. The molecule has 1 amide bonds. The molecule has 0 unspecified atom stereocenters. The number of likely N-dealkylation sites (tertiary alicyclic amines) is 1. The van der Waals surface area contributed by atoms with Crippen LogP contribution in [0.2, 0.25) is 0 Å². The number of carbonyl (C=O) groups is 2. The Hall–Kier alpha value is -1.85. The van der Waals surface area contributed by atoms with Crippen LogP contribution in [0.1, 0.15) is 32.4 Å². The predicted molar refractivity (Wildman–Crippen MR) is 77.4 cm³/mol. The molecule has 21 heavy (non-hydrogen) atoms. The minimum absolute atomic E-state index is 0.0737. The van der Waals surface area contributed by atoms with Gasteiger partial charge in [-0.3, -0.25) is 14.7 Å². The molecule has 0 aliphatic carbocycles. The van der Waals surface area contributed by atoms with Gasteiger partial charge in [-0.25, -0.2) is 0 Å². The Morgan fingerprint density at radius 2 is 2.29 bits per heavy atom. The highest BCUT2D eigenvalue weighted by Crippen LogP contribution is 2.35. The van der Waals surface area contributed by atoms with Crippen molar-refractivity contribution in [1.29, 1.82) is 0 Å². The molecule has 0 spiro atoms. The number of esters is 1. The lowest BCUT2D eigenvalue weighted by Crippen LogP contribution is -2.47. The van der Waals surface area contributed by atoms with Gasteiger partial charge in [0.1, 0.15) is 0 Å².